The van der Waals surface area contributed by atoms with Gasteiger partial charge in [0.25, 0.3) is 5.91 Å². The van der Waals surface area contributed by atoms with Gasteiger partial charge in [0.1, 0.15) is 0 Å². The Balaban J connectivity index is 1.91. The molecule has 0 fully saturated rings. The molecule has 0 saturated heterocycles. The van der Waals surface area contributed by atoms with Crippen LogP contribution < -0.4 is 5.32 Å². The van der Waals surface area contributed by atoms with Crippen molar-refractivity contribution in [2.24, 2.45) is 0 Å². The third-order valence-electron chi connectivity index (χ3n) is 4.03. The summed E-state index contributed by atoms with van der Waals surface area (Å²) in [5.74, 6) is -0.525. The minimum atomic E-state index is -0.412. The Bertz CT molecular complexity index is 1070. The average Bonchev–Trinajstić information content (AvgIpc) is 2.65. The lowest BCUT2D eigenvalue weighted by Crippen LogP contribution is -2.18. The van der Waals surface area contributed by atoms with Gasteiger partial charge in [0.2, 0.25) is 5.91 Å². The Kier molecular flexibility index (Phi) is 5.97. The van der Waals surface area contributed by atoms with Gasteiger partial charge < -0.3 is 10.2 Å². The minimum absolute atomic E-state index is 0.113. The molecule has 0 spiro atoms. The van der Waals surface area contributed by atoms with Gasteiger partial charge in [-0.3, -0.25) is 14.6 Å². The minimum Gasteiger partial charge on any atom is -0.345 e. The zero-order valence-electron chi connectivity index (χ0n) is 15.2. The van der Waals surface area contributed by atoms with Crippen molar-refractivity contribution in [2.75, 3.05) is 19.4 Å². The molecule has 0 aliphatic heterocycles. The number of aromatic nitrogens is 1. The van der Waals surface area contributed by atoms with Crippen molar-refractivity contribution in [3.8, 4) is 0 Å². The molecule has 0 aliphatic carbocycles. The predicted octanol–water partition coefficient (Wildman–Crippen LogP) is 4.90. The first-order valence-electron chi connectivity index (χ1n) is 8.40. The summed E-state index contributed by atoms with van der Waals surface area (Å²) in [5, 5.41) is 4.19. The second kappa shape index (κ2) is 8.42. The number of para-hydroxylation sites is 1. The molecule has 7 heteroatoms. The third kappa shape index (κ3) is 4.32. The van der Waals surface area contributed by atoms with Gasteiger partial charge in [0, 0.05) is 31.8 Å². The van der Waals surface area contributed by atoms with E-state index in [1.165, 1.54) is 11.0 Å². The number of fused-ring (bicyclic) bond motifs is 1. The molecule has 0 saturated carbocycles. The second-order valence-electron chi connectivity index (χ2n) is 6.26. The second-order valence-corrected chi connectivity index (χ2v) is 7.08. The van der Waals surface area contributed by atoms with Crippen LogP contribution in [0.4, 0.5) is 5.69 Å². The van der Waals surface area contributed by atoms with Gasteiger partial charge in [-0.15, -0.1) is 0 Å². The maximum atomic E-state index is 12.6. The molecule has 0 radical (unpaired) electrons. The fourth-order valence-electron chi connectivity index (χ4n) is 2.59. The summed E-state index contributed by atoms with van der Waals surface area (Å²) >= 11 is 12.2. The van der Waals surface area contributed by atoms with Gasteiger partial charge >= 0.3 is 0 Å². The molecule has 3 aromatic rings. The smallest absolute Gasteiger partial charge is 0.258 e. The molecular formula is C21H17Cl2N3O2. The highest BCUT2D eigenvalue weighted by Gasteiger charge is 2.16. The van der Waals surface area contributed by atoms with Crippen molar-refractivity contribution >= 4 is 57.7 Å². The number of benzene rings is 2. The van der Waals surface area contributed by atoms with Crippen LogP contribution in [0.3, 0.4) is 0 Å². The van der Waals surface area contributed by atoms with Crippen LogP contribution >= 0.6 is 23.2 Å². The lowest BCUT2D eigenvalue weighted by molar-refractivity contribution is -0.123. The standard InChI is InChI=1S/C21H17Cl2N3O2/c1-26(2)18(27)10-9-13-11-14-5-3-8-17(20(14)24-12-13)25-21(28)19-15(22)6-4-7-16(19)23/h3-12H,1-2H3,(H,25,28). The highest BCUT2D eigenvalue weighted by molar-refractivity contribution is 6.40. The topological polar surface area (TPSA) is 62.3 Å². The molecule has 2 aromatic carbocycles. The van der Waals surface area contributed by atoms with Crippen LogP contribution in [0, 0.1) is 0 Å². The molecule has 142 valence electrons. The van der Waals surface area contributed by atoms with E-state index in [-0.39, 0.29) is 21.5 Å². The molecule has 1 N–H and O–H groups in total. The number of nitrogens with one attached hydrogen (secondary N) is 1. The van der Waals surface area contributed by atoms with Crippen molar-refractivity contribution in [3.63, 3.8) is 0 Å². The molecule has 5 nitrogen and oxygen atoms in total. The molecule has 1 heterocycles. The maximum Gasteiger partial charge on any atom is 0.258 e. The van der Waals surface area contributed by atoms with E-state index in [9.17, 15) is 9.59 Å². The van der Waals surface area contributed by atoms with Crippen molar-refractivity contribution < 1.29 is 9.59 Å². The quantitative estimate of drug-likeness (QED) is 0.618. The first-order valence-corrected chi connectivity index (χ1v) is 9.16. The van der Waals surface area contributed by atoms with Crippen molar-refractivity contribution in [1.82, 2.24) is 9.88 Å². The highest BCUT2D eigenvalue weighted by Crippen LogP contribution is 2.27. The summed E-state index contributed by atoms with van der Waals surface area (Å²) in [6.07, 6.45) is 4.82. The number of hydrogen-bond acceptors (Lipinski definition) is 3. The van der Waals surface area contributed by atoms with E-state index in [4.69, 9.17) is 23.2 Å². The predicted molar refractivity (Wildman–Crippen MR) is 114 cm³/mol. The molecule has 2 amide bonds. The Morgan fingerprint density at radius 1 is 1.07 bits per heavy atom. The summed E-state index contributed by atoms with van der Waals surface area (Å²) in [7, 11) is 3.37. The summed E-state index contributed by atoms with van der Waals surface area (Å²) < 4.78 is 0. The number of pyridine rings is 1. The lowest BCUT2D eigenvalue weighted by atomic mass is 10.1. The Morgan fingerprint density at radius 3 is 2.43 bits per heavy atom. The van der Waals surface area contributed by atoms with Crippen LogP contribution in [0.2, 0.25) is 10.0 Å². The highest BCUT2D eigenvalue weighted by atomic mass is 35.5. The Morgan fingerprint density at radius 2 is 1.75 bits per heavy atom. The van der Waals surface area contributed by atoms with Gasteiger partial charge in [-0.25, -0.2) is 0 Å². The number of likely N-dealkylation sites (N-methyl/N-ethyl adjacent to an activating group) is 1. The van der Waals surface area contributed by atoms with Gasteiger partial charge in [-0.1, -0.05) is 41.4 Å². The summed E-state index contributed by atoms with van der Waals surface area (Å²) in [6.45, 7) is 0. The molecule has 0 aliphatic rings. The van der Waals surface area contributed by atoms with Crippen LogP contribution in [0.25, 0.3) is 17.0 Å². The monoisotopic (exact) mass is 413 g/mol. The summed E-state index contributed by atoms with van der Waals surface area (Å²) in [5.41, 5.74) is 2.15. The number of amides is 2. The van der Waals surface area contributed by atoms with E-state index in [1.54, 1.807) is 50.6 Å². The van der Waals surface area contributed by atoms with Crippen LogP contribution in [0.1, 0.15) is 15.9 Å². The number of carbonyl (C=O) groups is 2. The fourth-order valence-corrected chi connectivity index (χ4v) is 3.16. The maximum absolute atomic E-state index is 12.6. The van der Waals surface area contributed by atoms with E-state index >= 15 is 0 Å². The molecule has 1 aromatic heterocycles. The SMILES string of the molecule is CN(C)C(=O)C=Cc1cnc2c(NC(=O)c3c(Cl)cccc3Cl)cccc2c1. The number of rotatable bonds is 4. The van der Waals surface area contributed by atoms with E-state index in [2.05, 4.69) is 10.3 Å². The van der Waals surface area contributed by atoms with Crippen LogP contribution in [-0.4, -0.2) is 35.8 Å². The average molecular weight is 414 g/mol. The molecule has 0 atom stereocenters. The molecular weight excluding hydrogens is 397 g/mol. The number of hydrogen-bond donors (Lipinski definition) is 1. The fraction of sp³-hybridized carbons (Fsp3) is 0.0952. The third-order valence-corrected chi connectivity index (χ3v) is 4.66. The van der Waals surface area contributed by atoms with Crippen molar-refractivity contribution in [2.45, 2.75) is 0 Å². The first kappa shape index (κ1) is 19.9. The van der Waals surface area contributed by atoms with E-state index in [0.717, 1.165) is 10.9 Å². The van der Waals surface area contributed by atoms with Crippen LogP contribution in [0.15, 0.2) is 54.7 Å². The molecule has 0 bridgehead atoms. The van der Waals surface area contributed by atoms with E-state index in [1.807, 2.05) is 18.2 Å². The summed E-state index contributed by atoms with van der Waals surface area (Å²) in [6, 6.07) is 12.2. The zero-order valence-corrected chi connectivity index (χ0v) is 16.8. The lowest BCUT2D eigenvalue weighted by Gasteiger charge is -2.10. The van der Waals surface area contributed by atoms with Gasteiger partial charge in [-0.05, 0) is 35.9 Å². The van der Waals surface area contributed by atoms with Crippen LogP contribution in [-0.2, 0) is 4.79 Å². The van der Waals surface area contributed by atoms with Gasteiger partial charge in [0.15, 0.2) is 0 Å². The molecule has 28 heavy (non-hydrogen) atoms. The molecule has 0 unspecified atom stereocenters. The Hall–Kier alpha value is -2.89. The number of anilines is 1. The number of nitrogens with zero attached hydrogens (tertiary/aromatic N) is 2. The van der Waals surface area contributed by atoms with E-state index < -0.39 is 5.91 Å². The number of carbonyl (C=O) groups excluding carboxylic acids is 2. The Labute approximate surface area is 172 Å². The van der Waals surface area contributed by atoms with Crippen molar-refractivity contribution in [1.29, 1.82) is 0 Å². The van der Waals surface area contributed by atoms with Crippen molar-refractivity contribution in [3.05, 3.63) is 75.9 Å². The normalized spacial score (nSPS) is 11.0. The first-order chi connectivity index (χ1) is 13.4. The van der Waals surface area contributed by atoms with E-state index in [0.29, 0.717) is 11.2 Å². The van der Waals surface area contributed by atoms with Gasteiger partial charge in [0.05, 0.1) is 26.8 Å². The summed E-state index contributed by atoms with van der Waals surface area (Å²) in [4.78, 5) is 30.3. The number of halogens is 2. The largest absolute Gasteiger partial charge is 0.345 e. The van der Waals surface area contributed by atoms with Crippen LogP contribution in [0.5, 0.6) is 0 Å². The zero-order chi connectivity index (χ0) is 20.3. The van der Waals surface area contributed by atoms with Gasteiger partial charge in [-0.2, -0.15) is 0 Å². The molecule has 3 rings (SSSR count).